The van der Waals surface area contributed by atoms with Crippen molar-refractivity contribution in [3.63, 3.8) is 0 Å². The molecule has 0 aromatic heterocycles. The van der Waals surface area contributed by atoms with E-state index in [4.69, 9.17) is 9.47 Å². The molecular weight excluding hydrogens is 412 g/mol. The Hall–Kier alpha value is -3.31. The zero-order chi connectivity index (χ0) is 22.8. The first kappa shape index (κ1) is 21.5. The Morgan fingerprint density at radius 3 is 2.33 bits per heavy atom. The zero-order valence-corrected chi connectivity index (χ0v) is 19.3. The van der Waals surface area contributed by atoms with Gasteiger partial charge >= 0.3 is 0 Å². The summed E-state index contributed by atoms with van der Waals surface area (Å²) < 4.78 is 10.9. The molecule has 2 aliphatic rings. The zero-order valence-electron chi connectivity index (χ0n) is 19.3. The lowest BCUT2D eigenvalue weighted by molar-refractivity contribution is 0.0975. The van der Waals surface area contributed by atoms with Gasteiger partial charge in [0.05, 0.1) is 14.2 Å². The maximum Gasteiger partial charge on any atom is 0.258 e. The van der Waals surface area contributed by atoms with E-state index >= 15 is 0 Å². The quantitative estimate of drug-likeness (QED) is 0.564. The predicted molar refractivity (Wildman–Crippen MR) is 130 cm³/mol. The molecule has 0 radical (unpaired) electrons. The van der Waals surface area contributed by atoms with Crippen LogP contribution < -0.4 is 14.4 Å². The molecule has 3 aromatic rings. The summed E-state index contributed by atoms with van der Waals surface area (Å²) in [6.07, 6.45) is 2.03. The number of benzene rings is 3. The van der Waals surface area contributed by atoms with E-state index < -0.39 is 0 Å². The Morgan fingerprint density at radius 1 is 0.879 bits per heavy atom. The van der Waals surface area contributed by atoms with Gasteiger partial charge in [0.1, 0.15) is 11.5 Å². The molecule has 0 bridgehead atoms. The Morgan fingerprint density at radius 2 is 1.61 bits per heavy atom. The lowest BCUT2D eigenvalue weighted by atomic mass is 9.74. The molecule has 1 fully saturated rings. The fraction of sp³-hybridized carbons (Fsp3) is 0.321. The summed E-state index contributed by atoms with van der Waals surface area (Å²) in [5.74, 6) is 1.55. The van der Waals surface area contributed by atoms with Crippen LogP contribution in [0.2, 0.25) is 0 Å². The van der Waals surface area contributed by atoms with Gasteiger partial charge < -0.3 is 14.4 Å². The number of methoxy groups -OCH3 is 2. The van der Waals surface area contributed by atoms with E-state index in [9.17, 15) is 4.79 Å². The Balaban J connectivity index is 1.42. The van der Waals surface area contributed by atoms with Crippen LogP contribution in [0.15, 0.2) is 72.8 Å². The fourth-order valence-corrected chi connectivity index (χ4v) is 5.28. The van der Waals surface area contributed by atoms with E-state index in [1.54, 1.807) is 14.2 Å². The predicted octanol–water partition coefficient (Wildman–Crippen LogP) is 4.90. The van der Waals surface area contributed by atoms with Crippen molar-refractivity contribution < 1.29 is 14.3 Å². The van der Waals surface area contributed by atoms with Gasteiger partial charge in [-0.15, -0.1) is 0 Å². The maximum absolute atomic E-state index is 13.6. The number of ether oxygens (including phenoxy) is 2. The van der Waals surface area contributed by atoms with Gasteiger partial charge in [0, 0.05) is 29.8 Å². The van der Waals surface area contributed by atoms with E-state index in [0.717, 1.165) is 43.9 Å². The van der Waals surface area contributed by atoms with E-state index in [0.29, 0.717) is 17.9 Å². The maximum atomic E-state index is 13.6. The van der Waals surface area contributed by atoms with Crippen LogP contribution in [-0.2, 0) is 12.0 Å². The van der Waals surface area contributed by atoms with Crippen molar-refractivity contribution in [3.8, 4) is 11.5 Å². The Bertz CT molecular complexity index is 1140. The number of carbonyl (C=O) groups excluding carboxylic acids is 1. The summed E-state index contributed by atoms with van der Waals surface area (Å²) >= 11 is 0. The third-order valence-corrected chi connectivity index (χ3v) is 7.15. The van der Waals surface area contributed by atoms with Crippen molar-refractivity contribution in [2.75, 3.05) is 38.8 Å². The standard InChI is InChI=1S/C28H30N2O3/c1-32-23-10-6-9-22(17-23)27(31)30-20-28(25-18-24(33-2)11-12-26(25)30)13-15-29(16-14-28)19-21-7-4-3-5-8-21/h3-12,17-18H,13-16,19-20H2,1-2H3. The lowest BCUT2D eigenvalue weighted by Gasteiger charge is -2.40. The normalized spacial score (nSPS) is 17.1. The highest BCUT2D eigenvalue weighted by molar-refractivity contribution is 6.08. The van der Waals surface area contributed by atoms with Crippen LogP contribution in [0.4, 0.5) is 5.69 Å². The summed E-state index contributed by atoms with van der Waals surface area (Å²) in [6, 6.07) is 24.2. The molecule has 3 aromatic carbocycles. The molecule has 0 saturated carbocycles. The number of rotatable bonds is 5. The molecule has 2 heterocycles. The number of carbonyl (C=O) groups is 1. The molecule has 1 amide bonds. The Kier molecular flexibility index (Phi) is 5.81. The van der Waals surface area contributed by atoms with Gasteiger partial charge in [0.15, 0.2) is 0 Å². The van der Waals surface area contributed by atoms with Crippen LogP contribution in [0.25, 0.3) is 0 Å². The largest absolute Gasteiger partial charge is 0.497 e. The second kappa shape index (κ2) is 8.91. The van der Waals surface area contributed by atoms with Gasteiger partial charge in [0.25, 0.3) is 5.91 Å². The molecule has 33 heavy (non-hydrogen) atoms. The highest BCUT2D eigenvalue weighted by Crippen LogP contribution is 2.48. The smallest absolute Gasteiger partial charge is 0.258 e. The molecule has 0 unspecified atom stereocenters. The van der Waals surface area contributed by atoms with Crippen molar-refractivity contribution in [3.05, 3.63) is 89.5 Å². The first-order valence-electron chi connectivity index (χ1n) is 11.5. The lowest BCUT2D eigenvalue weighted by Crippen LogP contribution is -2.45. The summed E-state index contributed by atoms with van der Waals surface area (Å²) in [5, 5.41) is 0. The Labute approximate surface area is 195 Å². The van der Waals surface area contributed by atoms with E-state index in [1.165, 1.54) is 11.1 Å². The van der Waals surface area contributed by atoms with Gasteiger partial charge in [-0.05, 0) is 73.5 Å². The minimum Gasteiger partial charge on any atom is -0.497 e. The average molecular weight is 443 g/mol. The minimum absolute atomic E-state index is 0.0175. The minimum atomic E-state index is -0.0500. The van der Waals surface area contributed by atoms with Gasteiger partial charge in [-0.25, -0.2) is 0 Å². The highest BCUT2D eigenvalue weighted by atomic mass is 16.5. The number of amides is 1. The van der Waals surface area contributed by atoms with Crippen LogP contribution in [-0.4, -0.2) is 44.7 Å². The van der Waals surface area contributed by atoms with Crippen molar-refractivity contribution in [1.29, 1.82) is 0 Å². The molecular formula is C28H30N2O3. The molecule has 5 nitrogen and oxygen atoms in total. The molecule has 0 N–H and O–H groups in total. The molecule has 5 heteroatoms. The van der Waals surface area contributed by atoms with Crippen LogP contribution >= 0.6 is 0 Å². The number of nitrogens with zero attached hydrogens (tertiary/aromatic N) is 2. The van der Waals surface area contributed by atoms with Gasteiger partial charge in [-0.2, -0.15) is 0 Å². The first-order valence-corrected chi connectivity index (χ1v) is 11.5. The SMILES string of the molecule is COc1cccc(C(=O)N2CC3(CCN(Cc4ccccc4)CC3)c3cc(OC)ccc32)c1. The summed E-state index contributed by atoms with van der Waals surface area (Å²) in [7, 11) is 3.32. The van der Waals surface area contributed by atoms with Crippen molar-refractivity contribution in [2.24, 2.45) is 0 Å². The highest BCUT2D eigenvalue weighted by Gasteiger charge is 2.46. The third-order valence-electron chi connectivity index (χ3n) is 7.15. The molecule has 0 aliphatic carbocycles. The monoisotopic (exact) mass is 442 g/mol. The number of hydrogen-bond donors (Lipinski definition) is 0. The summed E-state index contributed by atoms with van der Waals surface area (Å²) in [5.41, 5.74) is 4.18. The van der Waals surface area contributed by atoms with Crippen molar-refractivity contribution in [2.45, 2.75) is 24.8 Å². The molecule has 1 saturated heterocycles. The van der Waals surface area contributed by atoms with E-state index in [1.807, 2.05) is 41.3 Å². The number of piperidine rings is 1. The average Bonchev–Trinajstić information content (AvgIpc) is 3.19. The fourth-order valence-electron chi connectivity index (χ4n) is 5.28. The molecule has 5 rings (SSSR count). The topological polar surface area (TPSA) is 42.0 Å². The summed E-state index contributed by atoms with van der Waals surface area (Å²) in [4.78, 5) is 18.1. The van der Waals surface area contributed by atoms with Crippen molar-refractivity contribution >= 4 is 11.6 Å². The van der Waals surface area contributed by atoms with Crippen LogP contribution in [0.1, 0.15) is 34.3 Å². The molecule has 0 atom stereocenters. The van der Waals surface area contributed by atoms with Crippen molar-refractivity contribution in [1.82, 2.24) is 4.90 Å². The van der Waals surface area contributed by atoms with Crippen LogP contribution in [0.5, 0.6) is 11.5 Å². The summed E-state index contributed by atoms with van der Waals surface area (Å²) in [6.45, 7) is 3.68. The number of fused-ring (bicyclic) bond motifs is 2. The third kappa shape index (κ3) is 4.09. The molecule has 1 spiro atoms. The molecule has 2 aliphatic heterocycles. The second-order valence-corrected chi connectivity index (χ2v) is 9.05. The van der Waals surface area contributed by atoms with Crippen LogP contribution in [0.3, 0.4) is 0 Å². The number of hydrogen-bond acceptors (Lipinski definition) is 4. The van der Waals surface area contributed by atoms with Gasteiger partial charge in [-0.1, -0.05) is 36.4 Å². The second-order valence-electron chi connectivity index (χ2n) is 9.05. The number of likely N-dealkylation sites (tertiary alicyclic amines) is 1. The van der Waals surface area contributed by atoms with E-state index in [-0.39, 0.29) is 11.3 Å². The van der Waals surface area contributed by atoms with Crippen LogP contribution in [0, 0.1) is 0 Å². The van der Waals surface area contributed by atoms with Gasteiger partial charge in [-0.3, -0.25) is 9.69 Å². The van der Waals surface area contributed by atoms with E-state index in [2.05, 4.69) is 41.3 Å². The first-order chi connectivity index (χ1) is 16.1. The van der Waals surface area contributed by atoms with Gasteiger partial charge in [0.2, 0.25) is 0 Å². The number of anilines is 1. The molecule has 170 valence electrons.